The van der Waals surface area contributed by atoms with Crippen LogP contribution in [0.25, 0.3) is 0 Å². The second-order valence-corrected chi connectivity index (χ2v) is 5.09. The van der Waals surface area contributed by atoms with Crippen LogP contribution < -0.4 is 5.32 Å². The predicted octanol–water partition coefficient (Wildman–Crippen LogP) is 1.94. The standard InChI is InChI=1S/C13H27NO2/c1-11(2)13(7-9-15)14-8-3-5-12-6-4-10-16-12/h11-15H,3-10H2,1-2H3. The molecular formula is C13H27NO2. The summed E-state index contributed by atoms with van der Waals surface area (Å²) in [6.07, 6.45) is 6.20. The molecule has 0 radical (unpaired) electrons. The minimum absolute atomic E-state index is 0.279. The largest absolute Gasteiger partial charge is 0.396 e. The molecule has 1 rings (SSSR count). The smallest absolute Gasteiger partial charge is 0.0576 e. The molecule has 96 valence electrons. The second kappa shape index (κ2) is 8.04. The molecule has 0 aromatic carbocycles. The van der Waals surface area contributed by atoms with Crippen molar-refractivity contribution in [3.8, 4) is 0 Å². The fourth-order valence-electron chi connectivity index (χ4n) is 2.30. The van der Waals surface area contributed by atoms with Gasteiger partial charge in [0, 0.05) is 19.3 Å². The summed E-state index contributed by atoms with van der Waals surface area (Å²) < 4.78 is 5.59. The highest BCUT2D eigenvalue weighted by molar-refractivity contribution is 4.71. The number of aliphatic hydroxyl groups excluding tert-OH is 1. The van der Waals surface area contributed by atoms with Gasteiger partial charge in [0.15, 0.2) is 0 Å². The zero-order valence-electron chi connectivity index (χ0n) is 10.7. The Balaban J connectivity index is 2.03. The van der Waals surface area contributed by atoms with Crippen molar-refractivity contribution in [2.45, 2.75) is 58.1 Å². The average Bonchev–Trinajstić information content (AvgIpc) is 2.75. The van der Waals surface area contributed by atoms with Gasteiger partial charge >= 0.3 is 0 Å². The summed E-state index contributed by atoms with van der Waals surface area (Å²) in [4.78, 5) is 0. The summed E-state index contributed by atoms with van der Waals surface area (Å²) in [5, 5.41) is 12.5. The van der Waals surface area contributed by atoms with Crippen LogP contribution in [0.3, 0.4) is 0 Å². The minimum atomic E-state index is 0.279. The Kier molecular flexibility index (Phi) is 7.01. The van der Waals surface area contributed by atoms with Gasteiger partial charge in [-0.3, -0.25) is 0 Å². The van der Waals surface area contributed by atoms with Crippen LogP contribution in [0.1, 0.15) is 46.0 Å². The summed E-state index contributed by atoms with van der Waals surface area (Å²) in [6.45, 7) is 6.68. The monoisotopic (exact) mass is 229 g/mol. The van der Waals surface area contributed by atoms with E-state index in [0.717, 1.165) is 19.6 Å². The molecule has 1 fully saturated rings. The minimum Gasteiger partial charge on any atom is -0.396 e. The third-order valence-corrected chi connectivity index (χ3v) is 3.38. The Morgan fingerprint density at radius 1 is 1.44 bits per heavy atom. The lowest BCUT2D eigenvalue weighted by molar-refractivity contribution is 0.102. The fraction of sp³-hybridized carbons (Fsp3) is 1.00. The Labute approximate surface area is 99.6 Å². The highest BCUT2D eigenvalue weighted by atomic mass is 16.5. The summed E-state index contributed by atoms with van der Waals surface area (Å²) in [7, 11) is 0. The molecule has 1 aliphatic rings. The van der Waals surface area contributed by atoms with Gasteiger partial charge in [0.2, 0.25) is 0 Å². The van der Waals surface area contributed by atoms with Crippen molar-refractivity contribution in [2.24, 2.45) is 5.92 Å². The number of rotatable bonds is 8. The molecule has 3 nitrogen and oxygen atoms in total. The van der Waals surface area contributed by atoms with Crippen LogP contribution in [0.15, 0.2) is 0 Å². The third kappa shape index (κ3) is 5.28. The fourth-order valence-corrected chi connectivity index (χ4v) is 2.30. The van der Waals surface area contributed by atoms with Gasteiger partial charge in [0.25, 0.3) is 0 Å². The molecule has 0 saturated carbocycles. The van der Waals surface area contributed by atoms with Crippen molar-refractivity contribution in [1.29, 1.82) is 0 Å². The molecule has 0 spiro atoms. The Morgan fingerprint density at radius 2 is 2.25 bits per heavy atom. The first-order valence-corrected chi connectivity index (χ1v) is 6.70. The zero-order chi connectivity index (χ0) is 11.8. The van der Waals surface area contributed by atoms with Crippen LogP contribution in [-0.2, 0) is 4.74 Å². The number of hydrogen-bond donors (Lipinski definition) is 2. The van der Waals surface area contributed by atoms with E-state index in [-0.39, 0.29) is 6.61 Å². The van der Waals surface area contributed by atoms with Crippen molar-refractivity contribution >= 4 is 0 Å². The van der Waals surface area contributed by atoms with Gasteiger partial charge < -0.3 is 15.2 Å². The van der Waals surface area contributed by atoms with Crippen molar-refractivity contribution in [3.05, 3.63) is 0 Å². The lowest BCUT2D eigenvalue weighted by atomic mass is 10.0. The molecule has 2 atom stereocenters. The van der Waals surface area contributed by atoms with Gasteiger partial charge in [-0.25, -0.2) is 0 Å². The molecule has 0 bridgehead atoms. The quantitative estimate of drug-likeness (QED) is 0.625. The van der Waals surface area contributed by atoms with E-state index < -0.39 is 0 Å². The molecule has 1 heterocycles. The zero-order valence-corrected chi connectivity index (χ0v) is 10.7. The first-order valence-electron chi connectivity index (χ1n) is 6.70. The molecule has 0 aromatic heterocycles. The van der Waals surface area contributed by atoms with Crippen LogP contribution in [0.2, 0.25) is 0 Å². The maximum atomic E-state index is 8.95. The summed E-state index contributed by atoms with van der Waals surface area (Å²) in [5.74, 6) is 0.592. The van der Waals surface area contributed by atoms with Crippen LogP contribution in [-0.4, -0.2) is 37.0 Å². The topological polar surface area (TPSA) is 41.5 Å². The van der Waals surface area contributed by atoms with Crippen LogP contribution in [0.4, 0.5) is 0 Å². The SMILES string of the molecule is CC(C)C(CCO)NCCCC1CCCO1. The van der Waals surface area contributed by atoms with Gasteiger partial charge in [-0.2, -0.15) is 0 Å². The number of aliphatic hydroxyl groups is 1. The van der Waals surface area contributed by atoms with E-state index in [1.807, 2.05) is 0 Å². The third-order valence-electron chi connectivity index (χ3n) is 3.38. The Bertz CT molecular complexity index is 167. The first kappa shape index (κ1) is 13.9. The van der Waals surface area contributed by atoms with E-state index in [1.165, 1.54) is 25.7 Å². The highest BCUT2D eigenvalue weighted by Gasteiger charge is 2.15. The molecule has 2 N–H and O–H groups in total. The second-order valence-electron chi connectivity index (χ2n) is 5.09. The molecule has 0 amide bonds. The Morgan fingerprint density at radius 3 is 2.81 bits per heavy atom. The van der Waals surface area contributed by atoms with Gasteiger partial charge in [-0.1, -0.05) is 13.8 Å². The van der Waals surface area contributed by atoms with Gasteiger partial charge in [-0.05, 0) is 44.6 Å². The lowest BCUT2D eigenvalue weighted by Crippen LogP contribution is -2.35. The lowest BCUT2D eigenvalue weighted by Gasteiger charge is -2.21. The van der Waals surface area contributed by atoms with Crippen molar-refractivity contribution in [2.75, 3.05) is 19.8 Å². The number of ether oxygens (including phenoxy) is 1. The van der Waals surface area contributed by atoms with Crippen molar-refractivity contribution in [3.63, 3.8) is 0 Å². The normalized spacial score (nSPS) is 22.9. The van der Waals surface area contributed by atoms with E-state index in [1.54, 1.807) is 0 Å². The Hall–Kier alpha value is -0.120. The summed E-state index contributed by atoms with van der Waals surface area (Å²) >= 11 is 0. The van der Waals surface area contributed by atoms with E-state index in [4.69, 9.17) is 9.84 Å². The summed E-state index contributed by atoms with van der Waals surface area (Å²) in [6, 6.07) is 0.453. The van der Waals surface area contributed by atoms with Gasteiger partial charge in [0.1, 0.15) is 0 Å². The molecule has 1 aliphatic heterocycles. The highest BCUT2D eigenvalue weighted by Crippen LogP contribution is 2.16. The predicted molar refractivity (Wildman–Crippen MR) is 66.5 cm³/mol. The molecule has 0 aromatic rings. The van der Waals surface area contributed by atoms with Crippen LogP contribution >= 0.6 is 0 Å². The molecule has 1 saturated heterocycles. The van der Waals surface area contributed by atoms with Gasteiger partial charge in [-0.15, -0.1) is 0 Å². The maximum Gasteiger partial charge on any atom is 0.0576 e. The van der Waals surface area contributed by atoms with Crippen LogP contribution in [0.5, 0.6) is 0 Å². The van der Waals surface area contributed by atoms with E-state index in [2.05, 4.69) is 19.2 Å². The molecule has 0 aliphatic carbocycles. The first-order chi connectivity index (χ1) is 7.74. The summed E-state index contributed by atoms with van der Waals surface area (Å²) in [5.41, 5.74) is 0. The molecular weight excluding hydrogens is 202 g/mol. The van der Waals surface area contributed by atoms with E-state index in [0.29, 0.717) is 18.1 Å². The maximum absolute atomic E-state index is 8.95. The molecule has 16 heavy (non-hydrogen) atoms. The van der Waals surface area contributed by atoms with Crippen LogP contribution in [0, 0.1) is 5.92 Å². The van der Waals surface area contributed by atoms with Gasteiger partial charge in [0.05, 0.1) is 6.10 Å². The molecule has 2 unspecified atom stereocenters. The molecule has 3 heteroatoms. The van der Waals surface area contributed by atoms with Crippen molar-refractivity contribution < 1.29 is 9.84 Å². The van der Waals surface area contributed by atoms with E-state index in [9.17, 15) is 0 Å². The average molecular weight is 229 g/mol. The van der Waals surface area contributed by atoms with E-state index >= 15 is 0 Å². The van der Waals surface area contributed by atoms with Crippen molar-refractivity contribution in [1.82, 2.24) is 5.32 Å². The number of hydrogen-bond acceptors (Lipinski definition) is 3. The number of nitrogens with one attached hydrogen (secondary N) is 1.